The van der Waals surface area contributed by atoms with E-state index in [1.807, 2.05) is 0 Å². The molecule has 0 fully saturated rings. The van der Waals surface area contributed by atoms with Gasteiger partial charge in [0.05, 0.1) is 5.69 Å². The highest BCUT2D eigenvalue weighted by atomic mass is 32.2. The van der Waals surface area contributed by atoms with Crippen LogP contribution in [-0.2, 0) is 14.8 Å². The lowest BCUT2D eigenvalue weighted by atomic mass is 10.1. The zero-order valence-corrected chi connectivity index (χ0v) is 13.2. The van der Waals surface area contributed by atoms with Crippen LogP contribution in [0.4, 0.5) is 20.2 Å². The van der Waals surface area contributed by atoms with Crippen LogP contribution in [0.2, 0.25) is 0 Å². The van der Waals surface area contributed by atoms with Crippen molar-refractivity contribution in [1.29, 1.82) is 0 Å². The lowest BCUT2D eigenvalue weighted by Crippen LogP contribution is -2.16. The summed E-state index contributed by atoms with van der Waals surface area (Å²) >= 11 is 0. The van der Waals surface area contributed by atoms with Crippen LogP contribution >= 0.6 is 0 Å². The number of carbonyl (C=O) groups is 1. The lowest BCUT2D eigenvalue weighted by Gasteiger charge is -2.14. The third kappa shape index (κ3) is 3.84. The van der Waals surface area contributed by atoms with Crippen LogP contribution in [0, 0.1) is 18.6 Å². The number of sulfonamides is 1. The number of rotatable bonds is 4. The van der Waals surface area contributed by atoms with Crippen molar-refractivity contribution in [2.45, 2.75) is 18.7 Å². The molecule has 2 rings (SSSR count). The highest BCUT2D eigenvalue weighted by Crippen LogP contribution is 2.26. The highest BCUT2D eigenvalue weighted by molar-refractivity contribution is 7.92. The van der Waals surface area contributed by atoms with E-state index in [1.165, 1.54) is 19.1 Å². The molecule has 122 valence electrons. The molecule has 0 bridgehead atoms. The highest BCUT2D eigenvalue weighted by Gasteiger charge is 2.21. The molecule has 0 heterocycles. The molecule has 0 unspecified atom stereocenters. The van der Waals surface area contributed by atoms with Gasteiger partial charge in [0.1, 0.15) is 16.5 Å². The molecule has 0 aliphatic heterocycles. The number of hydrogen-bond donors (Lipinski definition) is 2. The van der Waals surface area contributed by atoms with E-state index >= 15 is 0 Å². The minimum Gasteiger partial charge on any atom is -0.326 e. The molecule has 0 aromatic heterocycles. The Kier molecular flexibility index (Phi) is 4.65. The lowest BCUT2D eigenvalue weighted by molar-refractivity contribution is -0.114. The standard InChI is InChI=1S/C15H14F2N2O3S/c1-9-13(18-10(2)20)4-3-5-14(9)19-23(21,22)15-7-6-11(16)8-12(15)17/h3-8,19H,1-2H3,(H,18,20). The molecule has 0 aliphatic carbocycles. The molecule has 0 saturated carbocycles. The second-order valence-corrected chi connectivity index (χ2v) is 6.49. The van der Waals surface area contributed by atoms with Crippen LogP contribution in [-0.4, -0.2) is 14.3 Å². The van der Waals surface area contributed by atoms with Gasteiger partial charge in [-0.25, -0.2) is 17.2 Å². The van der Waals surface area contributed by atoms with E-state index in [-0.39, 0.29) is 11.6 Å². The summed E-state index contributed by atoms with van der Waals surface area (Å²) in [5, 5.41) is 2.56. The number of nitrogens with one attached hydrogen (secondary N) is 2. The molecule has 0 radical (unpaired) electrons. The fraction of sp³-hybridized carbons (Fsp3) is 0.133. The first kappa shape index (κ1) is 16.9. The molecular formula is C15H14F2N2O3S. The second-order valence-electron chi connectivity index (χ2n) is 4.84. The first-order chi connectivity index (χ1) is 10.7. The summed E-state index contributed by atoms with van der Waals surface area (Å²) in [6.45, 7) is 2.92. The summed E-state index contributed by atoms with van der Waals surface area (Å²) < 4.78 is 53.3. The fourth-order valence-electron chi connectivity index (χ4n) is 1.96. The van der Waals surface area contributed by atoms with E-state index < -0.39 is 26.6 Å². The molecule has 5 nitrogen and oxygen atoms in total. The zero-order chi connectivity index (χ0) is 17.2. The predicted molar refractivity (Wildman–Crippen MR) is 82.6 cm³/mol. The van der Waals surface area contributed by atoms with Gasteiger partial charge in [0.25, 0.3) is 10.0 Å². The van der Waals surface area contributed by atoms with Crippen molar-refractivity contribution in [2.75, 3.05) is 10.0 Å². The normalized spacial score (nSPS) is 11.1. The van der Waals surface area contributed by atoms with Crippen LogP contribution in [0.15, 0.2) is 41.3 Å². The van der Waals surface area contributed by atoms with Gasteiger partial charge in [-0.1, -0.05) is 6.07 Å². The number of amides is 1. The third-order valence-electron chi connectivity index (χ3n) is 3.07. The molecular weight excluding hydrogens is 326 g/mol. The largest absolute Gasteiger partial charge is 0.326 e. The molecule has 0 spiro atoms. The number of benzene rings is 2. The quantitative estimate of drug-likeness (QED) is 0.898. The molecule has 1 amide bonds. The Labute approximate surface area is 132 Å². The Bertz CT molecular complexity index is 867. The zero-order valence-electron chi connectivity index (χ0n) is 12.4. The van der Waals surface area contributed by atoms with Gasteiger partial charge < -0.3 is 5.32 Å². The van der Waals surface area contributed by atoms with Crippen LogP contribution in [0.25, 0.3) is 0 Å². The molecule has 0 atom stereocenters. The van der Waals surface area contributed by atoms with E-state index in [4.69, 9.17) is 0 Å². The number of anilines is 2. The summed E-state index contributed by atoms with van der Waals surface area (Å²) in [5.74, 6) is -2.36. The summed E-state index contributed by atoms with van der Waals surface area (Å²) in [5.41, 5.74) is 1.08. The SMILES string of the molecule is CC(=O)Nc1cccc(NS(=O)(=O)c2ccc(F)cc2F)c1C. The Morgan fingerprint density at radius 1 is 1.09 bits per heavy atom. The molecule has 2 aromatic rings. The number of halogens is 2. The first-order valence-electron chi connectivity index (χ1n) is 6.56. The van der Waals surface area contributed by atoms with E-state index in [9.17, 15) is 22.0 Å². The molecule has 23 heavy (non-hydrogen) atoms. The van der Waals surface area contributed by atoms with Crippen molar-refractivity contribution in [2.24, 2.45) is 0 Å². The van der Waals surface area contributed by atoms with Crippen LogP contribution in [0.1, 0.15) is 12.5 Å². The molecule has 2 aromatic carbocycles. The van der Waals surface area contributed by atoms with Crippen molar-refractivity contribution >= 4 is 27.3 Å². The minimum absolute atomic E-state index is 0.181. The van der Waals surface area contributed by atoms with E-state index in [1.54, 1.807) is 13.0 Å². The summed E-state index contributed by atoms with van der Waals surface area (Å²) in [4.78, 5) is 10.5. The van der Waals surface area contributed by atoms with Gasteiger partial charge in [-0.05, 0) is 36.8 Å². The molecule has 0 aliphatic rings. The average Bonchev–Trinajstić information content (AvgIpc) is 2.42. The molecule has 2 N–H and O–H groups in total. The smallest absolute Gasteiger partial charge is 0.264 e. The number of hydrogen-bond acceptors (Lipinski definition) is 3. The van der Waals surface area contributed by atoms with Crippen molar-refractivity contribution in [1.82, 2.24) is 0 Å². The first-order valence-corrected chi connectivity index (χ1v) is 8.04. The topological polar surface area (TPSA) is 75.3 Å². The minimum atomic E-state index is -4.23. The maximum atomic E-state index is 13.7. The third-order valence-corrected chi connectivity index (χ3v) is 4.47. The van der Waals surface area contributed by atoms with Crippen LogP contribution in [0.3, 0.4) is 0 Å². The predicted octanol–water partition coefficient (Wildman–Crippen LogP) is 3.03. The monoisotopic (exact) mass is 340 g/mol. The van der Waals surface area contributed by atoms with Crippen molar-refractivity contribution < 1.29 is 22.0 Å². The van der Waals surface area contributed by atoms with Gasteiger partial charge in [0.15, 0.2) is 0 Å². The average molecular weight is 340 g/mol. The van der Waals surface area contributed by atoms with E-state index in [2.05, 4.69) is 10.0 Å². The maximum Gasteiger partial charge on any atom is 0.264 e. The maximum absolute atomic E-state index is 13.7. The molecule has 0 saturated heterocycles. The summed E-state index contributed by atoms with van der Waals surface area (Å²) in [6.07, 6.45) is 0. The van der Waals surface area contributed by atoms with E-state index in [0.29, 0.717) is 17.3 Å². The Morgan fingerprint density at radius 2 is 1.74 bits per heavy atom. The summed E-state index contributed by atoms with van der Waals surface area (Å²) in [7, 11) is -4.23. The van der Waals surface area contributed by atoms with Gasteiger partial charge in [0, 0.05) is 18.7 Å². The van der Waals surface area contributed by atoms with Gasteiger partial charge in [-0.3, -0.25) is 9.52 Å². The van der Waals surface area contributed by atoms with Gasteiger partial charge in [-0.15, -0.1) is 0 Å². The Balaban J connectivity index is 2.39. The van der Waals surface area contributed by atoms with Gasteiger partial charge >= 0.3 is 0 Å². The van der Waals surface area contributed by atoms with Crippen LogP contribution < -0.4 is 10.0 Å². The molecule has 8 heteroatoms. The fourth-order valence-corrected chi connectivity index (χ4v) is 3.15. The Hall–Kier alpha value is -2.48. The van der Waals surface area contributed by atoms with Crippen molar-refractivity contribution in [3.63, 3.8) is 0 Å². The summed E-state index contributed by atoms with van der Waals surface area (Å²) in [6, 6.07) is 6.82. The van der Waals surface area contributed by atoms with E-state index in [0.717, 1.165) is 12.1 Å². The number of carbonyl (C=O) groups excluding carboxylic acids is 1. The van der Waals surface area contributed by atoms with Crippen molar-refractivity contribution in [3.05, 3.63) is 53.6 Å². The van der Waals surface area contributed by atoms with Crippen LogP contribution in [0.5, 0.6) is 0 Å². The second kappa shape index (κ2) is 6.33. The Morgan fingerprint density at radius 3 is 2.35 bits per heavy atom. The van der Waals surface area contributed by atoms with Gasteiger partial charge in [0.2, 0.25) is 5.91 Å². The van der Waals surface area contributed by atoms with Crippen molar-refractivity contribution in [3.8, 4) is 0 Å². The van der Waals surface area contributed by atoms with Gasteiger partial charge in [-0.2, -0.15) is 0 Å².